The van der Waals surface area contributed by atoms with Crippen molar-refractivity contribution in [2.75, 3.05) is 6.61 Å². The average molecular weight is 253 g/mol. The summed E-state index contributed by atoms with van der Waals surface area (Å²) in [5.74, 6) is 1.41. The summed E-state index contributed by atoms with van der Waals surface area (Å²) in [6, 6.07) is 0. The number of hydrogen-bond acceptors (Lipinski definition) is 5. The normalized spacial score (nSPS) is 24.7. The zero-order valence-electron chi connectivity index (χ0n) is 11.7. The van der Waals surface area contributed by atoms with Gasteiger partial charge in [0.05, 0.1) is 19.2 Å². The fraction of sp³-hybridized carbons (Fsp3) is 0.917. The minimum atomic E-state index is 0.0700. The van der Waals surface area contributed by atoms with Gasteiger partial charge >= 0.3 is 0 Å². The van der Waals surface area contributed by atoms with E-state index in [0.29, 0.717) is 18.6 Å². The van der Waals surface area contributed by atoms with E-state index in [9.17, 15) is 0 Å². The molecule has 0 saturated carbocycles. The molecule has 1 aromatic rings. The Morgan fingerprint density at radius 3 is 2.83 bits per heavy atom. The lowest BCUT2D eigenvalue weighted by Crippen LogP contribution is -2.36. The lowest BCUT2D eigenvalue weighted by Gasteiger charge is -2.20. The van der Waals surface area contributed by atoms with Gasteiger partial charge in [-0.3, -0.25) is 0 Å². The third-order valence-corrected chi connectivity index (χ3v) is 3.32. The number of tetrazole rings is 1. The van der Waals surface area contributed by atoms with Crippen LogP contribution in [0.15, 0.2) is 0 Å². The maximum atomic E-state index is 5.57. The van der Waals surface area contributed by atoms with Gasteiger partial charge in [0.15, 0.2) is 5.82 Å². The summed E-state index contributed by atoms with van der Waals surface area (Å²) >= 11 is 0. The summed E-state index contributed by atoms with van der Waals surface area (Å²) in [7, 11) is 0. The van der Waals surface area contributed by atoms with E-state index in [1.165, 1.54) is 0 Å². The highest BCUT2D eigenvalue weighted by molar-refractivity contribution is 4.85. The van der Waals surface area contributed by atoms with Crippen LogP contribution < -0.4 is 5.32 Å². The lowest BCUT2D eigenvalue weighted by atomic mass is 10.0. The first-order chi connectivity index (χ1) is 8.46. The first-order valence-electron chi connectivity index (χ1n) is 6.57. The van der Waals surface area contributed by atoms with Crippen LogP contribution in [-0.4, -0.2) is 38.5 Å². The van der Waals surface area contributed by atoms with E-state index in [0.717, 1.165) is 25.4 Å². The van der Waals surface area contributed by atoms with Gasteiger partial charge in [-0.2, -0.15) is 0 Å². The minimum Gasteiger partial charge on any atom is -0.378 e. The third-order valence-electron chi connectivity index (χ3n) is 3.32. The van der Waals surface area contributed by atoms with E-state index >= 15 is 0 Å². The molecule has 2 atom stereocenters. The van der Waals surface area contributed by atoms with Crippen LogP contribution >= 0.6 is 0 Å². The van der Waals surface area contributed by atoms with Crippen LogP contribution in [0.1, 0.15) is 39.9 Å². The SMILES string of the molecule is CC1OCCC1Cn1nnnc1CNC(C)(C)C. The monoisotopic (exact) mass is 253 g/mol. The maximum Gasteiger partial charge on any atom is 0.165 e. The van der Waals surface area contributed by atoms with Crippen LogP contribution in [0, 0.1) is 5.92 Å². The zero-order chi connectivity index (χ0) is 13.2. The molecule has 1 aromatic heterocycles. The van der Waals surface area contributed by atoms with Gasteiger partial charge in [0.25, 0.3) is 0 Å². The van der Waals surface area contributed by atoms with Crippen molar-refractivity contribution < 1.29 is 4.74 Å². The molecular weight excluding hydrogens is 230 g/mol. The fourth-order valence-electron chi connectivity index (χ4n) is 2.07. The first-order valence-corrected chi connectivity index (χ1v) is 6.57. The van der Waals surface area contributed by atoms with Crippen LogP contribution in [0.5, 0.6) is 0 Å². The van der Waals surface area contributed by atoms with Crippen LogP contribution in [0.25, 0.3) is 0 Å². The highest BCUT2D eigenvalue weighted by atomic mass is 16.5. The van der Waals surface area contributed by atoms with Crippen molar-refractivity contribution in [3.05, 3.63) is 5.82 Å². The van der Waals surface area contributed by atoms with Gasteiger partial charge in [0, 0.05) is 18.1 Å². The van der Waals surface area contributed by atoms with Crippen LogP contribution in [0.3, 0.4) is 0 Å². The topological polar surface area (TPSA) is 64.9 Å². The molecular formula is C12H23N5O. The molecule has 0 bridgehead atoms. The van der Waals surface area contributed by atoms with Gasteiger partial charge in [0.2, 0.25) is 0 Å². The molecule has 1 aliphatic heterocycles. The largest absolute Gasteiger partial charge is 0.378 e. The molecule has 1 aliphatic rings. The van der Waals surface area contributed by atoms with Crippen molar-refractivity contribution in [3.63, 3.8) is 0 Å². The molecule has 0 amide bonds. The Hall–Kier alpha value is -1.01. The summed E-state index contributed by atoms with van der Waals surface area (Å²) in [5.41, 5.74) is 0.0700. The van der Waals surface area contributed by atoms with Crippen LogP contribution in [-0.2, 0) is 17.8 Å². The van der Waals surface area contributed by atoms with Crippen molar-refractivity contribution in [3.8, 4) is 0 Å². The average Bonchev–Trinajstić information content (AvgIpc) is 2.86. The number of nitrogens with one attached hydrogen (secondary N) is 1. The summed E-state index contributed by atoms with van der Waals surface area (Å²) in [4.78, 5) is 0. The van der Waals surface area contributed by atoms with Crippen molar-refractivity contribution >= 4 is 0 Å². The second-order valence-corrected chi connectivity index (χ2v) is 6.01. The Morgan fingerprint density at radius 2 is 2.22 bits per heavy atom. The Balaban J connectivity index is 1.95. The summed E-state index contributed by atoms with van der Waals surface area (Å²) < 4.78 is 7.47. The van der Waals surface area contributed by atoms with Gasteiger partial charge < -0.3 is 10.1 Å². The molecule has 2 unspecified atom stereocenters. The number of nitrogens with zero attached hydrogens (tertiary/aromatic N) is 4. The second kappa shape index (κ2) is 5.32. The number of rotatable bonds is 4. The van der Waals surface area contributed by atoms with Gasteiger partial charge in [-0.15, -0.1) is 5.10 Å². The van der Waals surface area contributed by atoms with E-state index < -0.39 is 0 Å². The van der Waals surface area contributed by atoms with E-state index in [4.69, 9.17) is 4.74 Å². The van der Waals surface area contributed by atoms with E-state index in [2.05, 4.69) is 48.5 Å². The number of hydrogen-bond donors (Lipinski definition) is 1. The third kappa shape index (κ3) is 3.49. The van der Waals surface area contributed by atoms with Crippen molar-refractivity contribution in [2.45, 2.75) is 58.8 Å². The van der Waals surface area contributed by atoms with Gasteiger partial charge in [-0.1, -0.05) is 0 Å². The lowest BCUT2D eigenvalue weighted by molar-refractivity contribution is 0.100. The smallest absolute Gasteiger partial charge is 0.165 e. The Morgan fingerprint density at radius 1 is 1.44 bits per heavy atom. The quantitative estimate of drug-likeness (QED) is 0.866. The molecule has 2 heterocycles. The van der Waals surface area contributed by atoms with Gasteiger partial charge in [-0.25, -0.2) is 4.68 Å². The molecule has 0 radical (unpaired) electrons. The standard InChI is InChI=1S/C12H23N5O/c1-9-10(5-6-18-9)8-17-11(14-15-16-17)7-13-12(2,3)4/h9-10,13H,5-8H2,1-4H3. The Kier molecular flexibility index (Phi) is 3.97. The minimum absolute atomic E-state index is 0.0700. The summed E-state index contributed by atoms with van der Waals surface area (Å²) in [6.07, 6.45) is 1.39. The molecule has 102 valence electrons. The summed E-state index contributed by atoms with van der Waals surface area (Å²) in [6.45, 7) is 10.9. The predicted molar refractivity (Wildman–Crippen MR) is 67.9 cm³/mol. The van der Waals surface area contributed by atoms with E-state index in [1.54, 1.807) is 0 Å². The Labute approximate surface area is 108 Å². The molecule has 6 nitrogen and oxygen atoms in total. The van der Waals surface area contributed by atoms with Gasteiger partial charge in [-0.05, 0) is 44.5 Å². The van der Waals surface area contributed by atoms with E-state index in [-0.39, 0.29) is 5.54 Å². The number of aromatic nitrogens is 4. The van der Waals surface area contributed by atoms with Crippen molar-refractivity contribution in [1.82, 2.24) is 25.5 Å². The molecule has 0 spiro atoms. The van der Waals surface area contributed by atoms with Gasteiger partial charge in [0.1, 0.15) is 0 Å². The predicted octanol–water partition coefficient (Wildman–Crippen LogP) is 0.986. The zero-order valence-corrected chi connectivity index (χ0v) is 11.7. The number of ether oxygens (including phenoxy) is 1. The summed E-state index contributed by atoms with van der Waals surface area (Å²) in [5, 5.41) is 15.3. The molecule has 1 N–H and O–H groups in total. The highest BCUT2D eigenvalue weighted by Gasteiger charge is 2.26. The first kappa shape index (κ1) is 13.4. The van der Waals surface area contributed by atoms with Crippen molar-refractivity contribution in [2.24, 2.45) is 5.92 Å². The second-order valence-electron chi connectivity index (χ2n) is 6.01. The highest BCUT2D eigenvalue weighted by Crippen LogP contribution is 2.22. The molecule has 6 heteroatoms. The molecule has 1 saturated heterocycles. The fourth-order valence-corrected chi connectivity index (χ4v) is 2.07. The van der Waals surface area contributed by atoms with Crippen LogP contribution in [0.2, 0.25) is 0 Å². The Bertz CT molecular complexity index is 384. The molecule has 2 rings (SSSR count). The maximum absolute atomic E-state index is 5.57. The van der Waals surface area contributed by atoms with Crippen LogP contribution in [0.4, 0.5) is 0 Å². The molecule has 1 fully saturated rings. The van der Waals surface area contributed by atoms with Crippen molar-refractivity contribution in [1.29, 1.82) is 0 Å². The molecule has 0 aromatic carbocycles. The van der Waals surface area contributed by atoms with E-state index in [1.807, 2.05) is 4.68 Å². The molecule has 0 aliphatic carbocycles. The molecule has 18 heavy (non-hydrogen) atoms.